The zero-order chi connectivity index (χ0) is 12.5. The van der Waals surface area contributed by atoms with Crippen LogP contribution in [0.3, 0.4) is 0 Å². The molecular formula is C16H23NO. The van der Waals surface area contributed by atoms with Gasteiger partial charge < -0.3 is 10.1 Å². The van der Waals surface area contributed by atoms with Gasteiger partial charge >= 0.3 is 0 Å². The summed E-state index contributed by atoms with van der Waals surface area (Å²) in [6.45, 7) is 5.01. The minimum Gasteiger partial charge on any atom is -0.494 e. The van der Waals surface area contributed by atoms with Crippen molar-refractivity contribution in [3.05, 3.63) is 29.3 Å². The summed E-state index contributed by atoms with van der Waals surface area (Å²) in [6.07, 6.45) is 5.37. The van der Waals surface area contributed by atoms with Crippen LogP contribution in [-0.4, -0.2) is 18.7 Å². The second kappa shape index (κ2) is 4.93. The Hall–Kier alpha value is -1.02. The lowest BCUT2D eigenvalue weighted by Gasteiger charge is -2.30. The Morgan fingerprint density at radius 1 is 1.22 bits per heavy atom. The average molecular weight is 245 g/mol. The molecule has 2 heteroatoms. The van der Waals surface area contributed by atoms with Gasteiger partial charge in [-0.3, -0.25) is 0 Å². The van der Waals surface area contributed by atoms with E-state index in [9.17, 15) is 0 Å². The number of hydrogen-bond acceptors (Lipinski definition) is 2. The quantitative estimate of drug-likeness (QED) is 0.881. The molecule has 0 radical (unpaired) electrons. The second-order valence-electron chi connectivity index (χ2n) is 5.76. The maximum atomic E-state index is 5.57. The van der Waals surface area contributed by atoms with Gasteiger partial charge in [0, 0.05) is 12.1 Å². The van der Waals surface area contributed by atoms with Crippen molar-refractivity contribution >= 4 is 0 Å². The first-order chi connectivity index (χ1) is 8.76. The zero-order valence-corrected chi connectivity index (χ0v) is 11.4. The van der Waals surface area contributed by atoms with Crippen LogP contribution < -0.4 is 10.1 Å². The van der Waals surface area contributed by atoms with Crippen molar-refractivity contribution in [2.45, 2.75) is 57.5 Å². The first-order valence-corrected chi connectivity index (χ1v) is 7.25. The van der Waals surface area contributed by atoms with Crippen LogP contribution in [0.5, 0.6) is 5.75 Å². The van der Waals surface area contributed by atoms with E-state index in [1.165, 1.54) is 36.8 Å². The van der Waals surface area contributed by atoms with Gasteiger partial charge in [-0.25, -0.2) is 0 Å². The summed E-state index contributed by atoms with van der Waals surface area (Å²) in [6, 6.07) is 8.15. The molecule has 1 aromatic rings. The van der Waals surface area contributed by atoms with Crippen LogP contribution in [0.15, 0.2) is 18.2 Å². The monoisotopic (exact) mass is 245 g/mol. The van der Waals surface area contributed by atoms with E-state index in [-0.39, 0.29) is 0 Å². The lowest BCUT2D eigenvalue weighted by atomic mass is 9.84. The largest absolute Gasteiger partial charge is 0.494 e. The smallest absolute Gasteiger partial charge is 0.119 e. The summed E-state index contributed by atoms with van der Waals surface area (Å²) in [5.41, 5.74) is 2.93. The number of hydrogen-bond donors (Lipinski definition) is 1. The molecule has 2 nitrogen and oxygen atoms in total. The van der Waals surface area contributed by atoms with Gasteiger partial charge in [0.1, 0.15) is 5.75 Å². The van der Waals surface area contributed by atoms with Crippen molar-refractivity contribution < 1.29 is 4.74 Å². The number of fused-ring (bicyclic) bond motifs is 2. The van der Waals surface area contributed by atoms with Crippen molar-refractivity contribution in [2.24, 2.45) is 0 Å². The SMILES string of the molecule is CCOc1ccc(C2CC3CCC(C2)N3)c(C)c1. The number of aryl methyl sites for hydroxylation is 1. The third-order valence-corrected chi connectivity index (χ3v) is 4.47. The predicted molar refractivity (Wildman–Crippen MR) is 74.3 cm³/mol. The second-order valence-corrected chi connectivity index (χ2v) is 5.76. The molecule has 0 spiro atoms. The van der Waals surface area contributed by atoms with Crippen molar-refractivity contribution in [3.8, 4) is 5.75 Å². The summed E-state index contributed by atoms with van der Waals surface area (Å²) >= 11 is 0. The highest BCUT2D eigenvalue weighted by Crippen LogP contribution is 2.38. The molecule has 2 bridgehead atoms. The lowest BCUT2D eigenvalue weighted by Crippen LogP contribution is -2.37. The van der Waals surface area contributed by atoms with Crippen LogP contribution in [0.1, 0.15) is 49.7 Å². The highest BCUT2D eigenvalue weighted by atomic mass is 16.5. The van der Waals surface area contributed by atoms with Gasteiger partial charge in [0.2, 0.25) is 0 Å². The van der Waals surface area contributed by atoms with Gasteiger partial charge in [-0.1, -0.05) is 6.07 Å². The van der Waals surface area contributed by atoms with E-state index in [0.717, 1.165) is 30.4 Å². The summed E-state index contributed by atoms with van der Waals surface area (Å²) in [5, 5.41) is 3.72. The summed E-state index contributed by atoms with van der Waals surface area (Å²) in [5.74, 6) is 1.76. The van der Waals surface area contributed by atoms with E-state index in [1.54, 1.807) is 0 Å². The number of nitrogens with one attached hydrogen (secondary N) is 1. The molecule has 18 heavy (non-hydrogen) atoms. The third kappa shape index (κ3) is 2.26. The Bertz CT molecular complexity index is 417. The van der Waals surface area contributed by atoms with Crippen molar-refractivity contribution in [1.29, 1.82) is 0 Å². The van der Waals surface area contributed by atoms with Gasteiger partial charge in [-0.05, 0) is 68.7 Å². The maximum absolute atomic E-state index is 5.57. The molecule has 2 saturated heterocycles. The van der Waals surface area contributed by atoms with Crippen LogP contribution in [-0.2, 0) is 0 Å². The van der Waals surface area contributed by atoms with Crippen LogP contribution >= 0.6 is 0 Å². The van der Waals surface area contributed by atoms with Crippen LogP contribution in [0.2, 0.25) is 0 Å². The molecule has 1 N–H and O–H groups in total. The van der Waals surface area contributed by atoms with Gasteiger partial charge in [-0.15, -0.1) is 0 Å². The Kier molecular flexibility index (Phi) is 3.29. The van der Waals surface area contributed by atoms with Crippen LogP contribution in [0.25, 0.3) is 0 Å². The molecule has 98 valence electrons. The molecule has 0 aliphatic carbocycles. The Morgan fingerprint density at radius 2 is 1.94 bits per heavy atom. The fourth-order valence-corrected chi connectivity index (χ4v) is 3.67. The van der Waals surface area contributed by atoms with Gasteiger partial charge in [-0.2, -0.15) is 0 Å². The average Bonchev–Trinajstić information content (AvgIpc) is 2.69. The molecule has 0 saturated carbocycles. The van der Waals surface area contributed by atoms with E-state index in [0.29, 0.717) is 0 Å². The Labute approximate surface area is 110 Å². The van der Waals surface area contributed by atoms with Crippen molar-refractivity contribution in [2.75, 3.05) is 6.61 Å². The molecule has 2 aliphatic heterocycles. The molecule has 3 rings (SSSR count). The number of benzene rings is 1. The number of ether oxygens (including phenoxy) is 1. The molecule has 2 heterocycles. The lowest BCUT2D eigenvalue weighted by molar-refractivity contribution is 0.338. The van der Waals surface area contributed by atoms with Crippen molar-refractivity contribution in [1.82, 2.24) is 5.32 Å². The first kappa shape index (κ1) is 12.0. The predicted octanol–water partition coefficient (Wildman–Crippen LogP) is 3.39. The van der Waals surface area contributed by atoms with E-state index in [1.807, 2.05) is 6.92 Å². The first-order valence-electron chi connectivity index (χ1n) is 7.25. The molecule has 2 atom stereocenters. The zero-order valence-electron chi connectivity index (χ0n) is 11.4. The Balaban J connectivity index is 1.79. The van der Waals surface area contributed by atoms with Crippen LogP contribution in [0.4, 0.5) is 0 Å². The molecule has 2 unspecified atom stereocenters. The number of piperidine rings is 1. The minimum absolute atomic E-state index is 0.746. The third-order valence-electron chi connectivity index (χ3n) is 4.47. The van der Waals surface area contributed by atoms with E-state index in [2.05, 4.69) is 30.4 Å². The molecular weight excluding hydrogens is 222 g/mol. The molecule has 2 fully saturated rings. The fourth-order valence-electron chi connectivity index (χ4n) is 3.67. The van der Waals surface area contributed by atoms with E-state index < -0.39 is 0 Å². The highest BCUT2D eigenvalue weighted by Gasteiger charge is 2.34. The van der Waals surface area contributed by atoms with Crippen LogP contribution in [0, 0.1) is 6.92 Å². The van der Waals surface area contributed by atoms with Crippen molar-refractivity contribution in [3.63, 3.8) is 0 Å². The molecule has 2 aliphatic rings. The summed E-state index contributed by atoms with van der Waals surface area (Å²) in [7, 11) is 0. The molecule has 0 amide bonds. The summed E-state index contributed by atoms with van der Waals surface area (Å²) in [4.78, 5) is 0. The van der Waals surface area contributed by atoms with E-state index >= 15 is 0 Å². The maximum Gasteiger partial charge on any atom is 0.119 e. The topological polar surface area (TPSA) is 21.3 Å². The molecule has 0 aromatic heterocycles. The van der Waals surface area contributed by atoms with Gasteiger partial charge in [0.25, 0.3) is 0 Å². The van der Waals surface area contributed by atoms with Gasteiger partial charge in [0.15, 0.2) is 0 Å². The minimum atomic E-state index is 0.746. The fraction of sp³-hybridized carbons (Fsp3) is 0.625. The Morgan fingerprint density at radius 3 is 2.56 bits per heavy atom. The van der Waals surface area contributed by atoms with E-state index in [4.69, 9.17) is 4.74 Å². The standard InChI is InChI=1S/C16H23NO/c1-3-18-15-6-7-16(11(2)8-15)12-9-13-4-5-14(10-12)17-13/h6-8,12-14,17H,3-5,9-10H2,1-2H3. The molecule has 1 aromatic carbocycles. The highest BCUT2D eigenvalue weighted by molar-refractivity contribution is 5.37. The number of rotatable bonds is 3. The normalized spacial score (nSPS) is 30.4. The van der Waals surface area contributed by atoms with Gasteiger partial charge in [0.05, 0.1) is 6.61 Å². The summed E-state index contributed by atoms with van der Waals surface area (Å²) < 4.78 is 5.57.